The van der Waals surface area contributed by atoms with E-state index in [1.54, 1.807) is 6.08 Å². The fourth-order valence-electron chi connectivity index (χ4n) is 0.983. The van der Waals surface area contributed by atoms with Gasteiger partial charge < -0.3 is 5.32 Å². The number of unbranched alkanes of at least 4 members (excludes halogenated alkanes) is 1. The van der Waals surface area contributed by atoms with E-state index in [-0.39, 0.29) is 5.91 Å². The van der Waals surface area contributed by atoms with Crippen LogP contribution in [0.25, 0.3) is 0 Å². The molecule has 0 aliphatic heterocycles. The Kier molecular flexibility index (Phi) is 3.85. The maximum absolute atomic E-state index is 11.1. The van der Waals surface area contributed by atoms with Gasteiger partial charge in [0.15, 0.2) is 0 Å². The SMILES string of the molecule is CCC/C=C/C(=O)NCC1CC1. The van der Waals surface area contributed by atoms with Crippen LogP contribution in [0.5, 0.6) is 0 Å². The Morgan fingerprint density at radius 1 is 1.58 bits per heavy atom. The minimum atomic E-state index is 0.0651. The number of hydrogen-bond donors (Lipinski definition) is 1. The predicted octanol–water partition coefficient (Wildman–Crippen LogP) is 1.87. The Labute approximate surface area is 74.0 Å². The number of nitrogens with one attached hydrogen (secondary N) is 1. The van der Waals surface area contributed by atoms with E-state index >= 15 is 0 Å². The van der Waals surface area contributed by atoms with Gasteiger partial charge in [0.1, 0.15) is 0 Å². The first kappa shape index (κ1) is 9.30. The highest BCUT2D eigenvalue weighted by Gasteiger charge is 2.20. The van der Waals surface area contributed by atoms with Crippen LogP contribution in [0.2, 0.25) is 0 Å². The highest BCUT2D eigenvalue weighted by Crippen LogP contribution is 2.27. The molecule has 2 nitrogen and oxygen atoms in total. The molecule has 1 saturated carbocycles. The lowest BCUT2D eigenvalue weighted by atomic mass is 10.3. The van der Waals surface area contributed by atoms with E-state index in [0.29, 0.717) is 0 Å². The van der Waals surface area contributed by atoms with Crippen molar-refractivity contribution in [2.45, 2.75) is 32.6 Å². The highest BCUT2D eigenvalue weighted by atomic mass is 16.1. The van der Waals surface area contributed by atoms with E-state index in [1.165, 1.54) is 12.8 Å². The molecule has 0 bridgehead atoms. The van der Waals surface area contributed by atoms with Crippen LogP contribution >= 0.6 is 0 Å². The molecule has 0 heterocycles. The number of carbonyl (C=O) groups excluding carboxylic acids is 1. The summed E-state index contributed by atoms with van der Waals surface area (Å²) in [7, 11) is 0. The summed E-state index contributed by atoms with van der Waals surface area (Å²) in [4.78, 5) is 11.1. The molecule has 0 aromatic heterocycles. The van der Waals surface area contributed by atoms with Gasteiger partial charge in [0.05, 0.1) is 0 Å². The van der Waals surface area contributed by atoms with Crippen LogP contribution in [0.3, 0.4) is 0 Å². The van der Waals surface area contributed by atoms with E-state index in [9.17, 15) is 4.79 Å². The highest BCUT2D eigenvalue weighted by molar-refractivity contribution is 5.87. The molecule has 1 amide bonds. The maximum atomic E-state index is 11.1. The van der Waals surface area contributed by atoms with Crippen molar-refractivity contribution >= 4 is 5.91 Å². The molecule has 68 valence electrons. The molecule has 1 rings (SSSR count). The molecule has 0 aromatic carbocycles. The first-order valence-electron chi connectivity index (χ1n) is 4.77. The average molecular weight is 167 g/mol. The van der Waals surface area contributed by atoms with Gasteiger partial charge in [0.2, 0.25) is 5.91 Å². The summed E-state index contributed by atoms with van der Waals surface area (Å²) >= 11 is 0. The number of amides is 1. The van der Waals surface area contributed by atoms with E-state index in [0.717, 1.165) is 25.3 Å². The molecule has 2 heteroatoms. The fraction of sp³-hybridized carbons (Fsp3) is 0.700. The Morgan fingerprint density at radius 3 is 2.92 bits per heavy atom. The molecule has 1 aliphatic carbocycles. The standard InChI is InChI=1S/C10H17NO/c1-2-3-4-5-10(12)11-8-9-6-7-9/h4-5,9H,2-3,6-8H2,1H3,(H,11,12)/b5-4+. The summed E-state index contributed by atoms with van der Waals surface area (Å²) in [6.07, 6.45) is 8.26. The molecule has 0 atom stereocenters. The zero-order valence-corrected chi connectivity index (χ0v) is 7.68. The third kappa shape index (κ3) is 4.16. The summed E-state index contributed by atoms with van der Waals surface area (Å²) in [5.41, 5.74) is 0. The molecule has 0 saturated heterocycles. The Balaban J connectivity index is 2.01. The third-order valence-electron chi connectivity index (χ3n) is 1.99. The molecule has 1 N–H and O–H groups in total. The average Bonchev–Trinajstić information content (AvgIpc) is 2.84. The van der Waals surface area contributed by atoms with Gasteiger partial charge in [-0.25, -0.2) is 0 Å². The topological polar surface area (TPSA) is 29.1 Å². The van der Waals surface area contributed by atoms with Crippen molar-refractivity contribution in [1.82, 2.24) is 5.32 Å². The van der Waals surface area contributed by atoms with Crippen LogP contribution < -0.4 is 5.32 Å². The van der Waals surface area contributed by atoms with Crippen LogP contribution in [0.15, 0.2) is 12.2 Å². The third-order valence-corrected chi connectivity index (χ3v) is 1.99. The first-order chi connectivity index (χ1) is 5.83. The van der Waals surface area contributed by atoms with Gasteiger partial charge in [0.25, 0.3) is 0 Å². The number of hydrogen-bond acceptors (Lipinski definition) is 1. The minimum Gasteiger partial charge on any atom is -0.352 e. The Hall–Kier alpha value is -0.790. The van der Waals surface area contributed by atoms with Crippen molar-refractivity contribution in [2.24, 2.45) is 5.92 Å². The summed E-state index contributed by atoms with van der Waals surface area (Å²) in [6.45, 7) is 2.97. The largest absolute Gasteiger partial charge is 0.352 e. The van der Waals surface area contributed by atoms with E-state index in [1.807, 2.05) is 6.08 Å². The number of allylic oxidation sites excluding steroid dienone is 1. The van der Waals surface area contributed by atoms with Crippen molar-refractivity contribution in [3.8, 4) is 0 Å². The van der Waals surface area contributed by atoms with Crippen LogP contribution in [0.4, 0.5) is 0 Å². The Bertz CT molecular complexity index is 171. The monoisotopic (exact) mass is 167 g/mol. The fourth-order valence-corrected chi connectivity index (χ4v) is 0.983. The van der Waals surface area contributed by atoms with Crippen LogP contribution in [0.1, 0.15) is 32.6 Å². The van der Waals surface area contributed by atoms with Gasteiger partial charge in [0, 0.05) is 6.54 Å². The van der Waals surface area contributed by atoms with E-state index in [2.05, 4.69) is 12.2 Å². The molecular formula is C10H17NO. The summed E-state index contributed by atoms with van der Waals surface area (Å²) in [5, 5.41) is 2.88. The number of rotatable bonds is 5. The second kappa shape index (κ2) is 4.96. The van der Waals surface area contributed by atoms with Crippen molar-refractivity contribution in [1.29, 1.82) is 0 Å². The van der Waals surface area contributed by atoms with Gasteiger partial charge in [-0.2, -0.15) is 0 Å². The molecule has 12 heavy (non-hydrogen) atoms. The van der Waals surface area contributed by atoms with Crippen LogP contribution in [-0.2, 0) is 4.79 Å². The predicted molar refractivity (Wildman–Crippen MR) is 49.8 cm³/mol. The van der Waals surface area contributed by atoms with Crippen molar-refractivity contribution < 1.29 is 4.79 Å². The van der Waals surface area contributed by atoms with Gasteiger partial charge in [-0.15, -0.1) is 0 Å². The van der Waals surface area contributed by atoms with Gasteiger partial charge in [-0.1, -0.05) is 19.4 Å². The van der Waals surface area contributed by atoms with Crippen molar-refractivity contribution in [2.75, 3.05) is 6.54 Å². The van der Waals surface area contributed by atoms with Gasteiger partial charge in [-0.05, 0) is 31.3 Å². The summed E-state index contributed by atoms with van der Waals surface area (Å²) in [5.74, 6) is 0.837. The van der Waals surface area contributed by atoms with Crippen molar-refractivity contribution in [3.63, 3.8) is 0 Å². The van der Waals surface area contributed by atoms with Gasteiger partial charge >= 0.3 is 0 Å². The van der Waals surface area contributed by atoms with Crippen LogP contribution in [0, 0.1) is 5.92 Å². The lowest BCUT2D eigenvalue weighted by Crippen LogP contribution is -2.23. The zero-order chi connectivity index (χ0) is 8.81. The summed E-state index contributed by atoms with van der Waals surface area (Å²) < 4.78 is 0. The van der Waals surface area contributed by atoms with Crippen molar-refractivity contribution in [3.05, 3.63) is 12.2 Å². The van der Waals surface area contributed by atoms with Gasteiger partial charge in [-0.3, -0.25) is 4.79 Å². The number of carbonyl (C=O) groups is 1. The molecule has 0 aromatic rings. The van der Waals surface area contributed by atoms with E-state index in [4.69, 9.17) is 0 Å². The molecule has 1 aliphatic rings. The Morgan fingerprint density at radius 2 is 2.33 bits per heavy atom. The van der Waals surface area contributed by atoms with Crippen LogP contribution in [-0.4, -0.2) is 12.5 Å². The summed E-state index contributed by atoms with van der Waals surface area (Å²) in [6, 6.07) is 0. The maximum Gasteiger partial charge on any atom is 0.243 e. The minimum absolute atomic E-state index is 0.0651. The quantitative estimate of drug-likeness (QED) is 0.622. The second-order valence-electron chi connectivity index (χ2n) is 3.38. The molecular weight excluding hydrogens is 150 g/mol. The van der Waals surface area contributed by atoms with E-state index < -0.39 is 0 Å². The molecule has 0 unspecified atom stereocenters. The lowest BCUT2D eigenvalue weighted by molar-refractivity contribution is -0.116. The smallest absolute Gasteiger partial charge is 0.243 e. The molecule has 0 spiro atoms. The first-order valence-corrected chi connectivity index (χ1v) is 4.77. The lowest BCUT2D eigenvalue weighted by Gasteiger charge is -1.97. The molecule has 0 radical (unpaired) electrons. The second-order valence-corrected chi connectivity index (χ2v) is 3.38. The normalized spacial score (nSPS) is 16.8. The zero-order valence-electron chi connectivity index (χ0n) is 7.68. The molecule has 1 fully saturated rings.